The van der Waals surface area contributed by atoms with E-state index in [0.29, 0.717) is 12.2 Å². The van der Waals surface area contributed by atoms with Crippen molar-refractivity contribution in [3.63, 3.8) is 0 Å². The predicted molar refractivity (Wildman–Crippen MR) is 102 cm³/mol. The Hall–Kier alpha value is -3.25. The van der Waals surface area contributed by atoms with Crippen LogP contribution in [0.3, 0.4) is 0 Å². The van der Waals surface area contributed by atoms with Crippen LogP contribution < -0.4 is 5.32 Å². The number of rotatable bonds is 5. The van der Waals surface area contributed by atoms with Gasteiger partial charge in [-0.2, -0.15) is 0 Å². The van der Waals surface area contributed by atoms with Gasteiger partial charge < -0.3 is 15.4 Å². The van der Waals surface area contributed by atoms with Crippen LogP contribution in [-0.4, -0.2) is 25.0 Å². The molecule has 6 nitrogen and oxygen atoms in total. The van der Waals surface area contributed by atoms with Crippen molar-refractivity contribution >= 4 is 16.9 Å². The van der Waals surface area contributed by atoms with Crippen LogP contribution >= 0.6 is 0 Å². The van der Waals surface area contributed by atoms with E-state index in [-0.39, 0.29) is 0 Å². The highest BCUT2D eigenvalue weighted by molar-refractivity contribution is 5.93. The van der Waals surface area contributed by atoms with Gasteiger partial charge in [0.1, 0.15) is 11.5 Å². The summed E-state index contributed by atoms with van der Waals surface area (Å²) < 4.78 is 0. The highest BCUT2D eigenvalue weighted by Crippen LogP contribution is 2.29. The Kier molecular flexibility index (Phi) is 4.33. The molecule has 6 heteroatoms. The topological polar surface area (TPSA) is 86.7 Å². The van der Waals surface area contributed by atoms with Crippen molar-refractivity contribution in [3.8, 4) is 11.3 Å². The lowest BCUT2D eigenvalue weighted by molar-refractivity contribution is 0.194. The number of hydrogen-bond acceptors (Lipinski definition) is 5. The number of nitrogens with zero attached hydrogens (tertiary/aromatic N) is 3. The quantitative estimate of drug-likeness (QED) is 0.513. The molecule has 130 valence electrons. The molecule has 0 spiro atoms. The largest absolute Gasteiger partial charge is 0.387 e. The summed E-state index contributed by atoms with van der Waals surface area (Å²) in [5.41, 5.74) is 4.29. The normalized spacial score (nSPS) is 12.2. The van der Waals surface area contributed by atoms with E-state index in [0.717, 1.165) is 33.7 Å². The Morgan fingerprint density at radius 3 is 2.88 bits per heavy atom. The number of aliphatic hydroxyl groups is 1. The lowest BCUT2D eigenvalue weighted by Crippen LogP contribution is -2.03. The Balaban J connectivity index is 1.72. The highest BCUT2D eigenvalue weighted by Gasteiger charge is 2.12. The fraction of sp³-hybridized carbons (Fsp3) is 0.150. The van der Waals surface area contributed by atoms with Gasteiger partial charge >= 0.3 is 0 Å². The van der Waals surface area contributed by atoms with Crippen molar-refractivity contribution in [3.05, 3.63) is 72.3 Å². The molecular formula is C20H19N5O. The van der Waals surface area contributed by atoms with Gasteiger partial charge in [-0.1, -0.05) is 12.1 Å². The molecule has 0 radical (unpaired) electrons. The molecule has 0 amide bonds. The number of nitrogens with one attached hydrogen (secondary N) is 2. The van der Waals surface area contributed by atoms with E-state index >= 15 is 0 Å². The summed E-state index contributed by atoms with van der Waals surface area (Å²) in [4.78, 5) is 16.5. The highest BCUT2D eigenvalue weighted by atomic mass is 16.3. The summed E-state index contributed by atoms with van der Waals surface area (Å²) in [6.07, 6.45) is 4.84. The summed E-state index contributed by atoms with van der Waals surface area (Å²) in [6.45, 7) is 2.35. The van der Waals surface area contributed by atoms with Gasteiger partial charge in [-0.25, -0.2) is 4.98 Å². The van der Waals surface area contributed by atoms with Crippen LogP contribution in [0.4, 0.5) is 5.82 Å². The molecule has 4 aromatic heterocycles. The van der Waals surface area contributed by atoms with Crippen molar-refractivity contribution < 1.29 is 5.11 Å². The van der Waals surface area contributed by atoms with Crippen molar-refractivity contribution in [2.24, 2.45) is 0 Å². The van der Waals surface area contributed by atoms with E-state index < -0.39 is 6.10 Å². The van der Waals surface area contributed by atoms with Crippen LogP contribution in [0.1, 0.15) is 24.3 Å². The molecule has 4 aromatic rings. The van der Waals surface area contributed by atoms with E-state index in [1.807, 2.05) is 54.9 Å². The molecule has 4 heterocycles. The molecule has 3 N–H and O–H groups in total. The second-order valence-corrected chi connectivity index (χ2v) is 6.13. The second kappa shape index (κ2) is 6.93. The minimum Gasteiger partial charge on any atom is -0.387 e. The van der Waals surface area contributed by atoms with E-state index in [1.54, 1.807) is 13.1 Å². The molecule has 0 fully saturated rings. The van der Waals surface area contributed by atoms with Crippen LogP contribution in [-0.2, 0) is 6.54 Å². The lowest BCUT2D eigenvalue weighted by Gasteiger charge is -2.11. The zero-order valence-corrected chi connectivity index (χ0v) is 14.3. The molecule has 4 rings (SSSR count). The third-order valence-corrected chi connectivity index (χ3v) is 4.20. The number of aromatic amines is 1. The van der Waals surface area contributed by atoms with E-state index in [4.69, 9.17) is 0 Å². The first-order valence-electron chi connectivity index (χ1n) is 8.47. The first-order valence-corrected chi connectivity index (χ1v) is 8.47. The summed E-state index contributed by atoms with van der Waals surface area (Å²) in [5, 5.41) is 14.2. The van der Waals surface area contributed by atoms with Crippen molar-refractivity contribution in [1.82, 2.24) is 19.9 Å². The number of aromatic nitrogens is 4. The number of pyridine rings is 3. The molecular weight excluding hydrogens is 326 g/mol. The Bertz CT molecular complexity index is 1030. The maximum absolute atomic E-state index is 9.83. The molecule has 26 heavy (non-hydrogen) atoms. The minimum absolute atomic E-state index is 0.610. The summed E-state index contributed by atoms with van der Waals surface area (Å²) in [5.74, 6) is 0.753. The fourth-order valence-corrected chi connectivity index (χ4v) is 2.87. The maximum atomic E-state index is 9.83. The van der Waals surface area contributed by atoms with E-state index in [2.05, 4.69) is 25.3 Å². The number of fused-ring (bicyclic) bond motifs is 1. The van der Waals surface area contributed by atoms with Crippen LogP contribution in [0.25, 0.3) is 22.3 Å². The van der Waals surface area contributed by atoms with Gasteiger partial charge in [0, 0.05) is 36.1 Å². The van der Waals surface area contributed by atoms with E-state index in [1.165, 1.54) is 0 Å². The smallest absolute Gasteiger partial charge is 0.140 e. The van der Waals surface area contributed by atoms with Gasteiger partial charge in [0.05, 0.1) is 17.5 Å². The molecule has 0 aliphatic rings. The number of hydrogen-bond donors (Lipinski definition) is 3. The monoisotopic (exact) mass is 345 g/mol. The molecule has 0 saturated carbocycles. The zero-order valence-electron chi connectivity index (χ0n) is 14.3. The number of anilines is 1. The molecule has 0 bridgehead atoms. The summed E-state index contributed by atoms with van der Waals surface area (Å²) in [6, 6.07) is 13.6. The second-order valence-electron chi connectivity index (χ2n) is 6.13. The van der Waals surface area contributed by atoms with Crippen LogP contribution in [0.5, 0.6) is 0 Å². The third-order valence-electron chi connectivity index (χ3n) is 4.20. The molecule has 0 saturated heterocycles. The van der Waals surface area contributed by atoms with Gasteiger partial charge in [-0.05, 0) is 42.8 Å². The van der Waals surface area contributed by atoms with Crippen LogP contribution in [0.2, 0.25) is 0 Å². The third kappa shape index (κ3) is 3.27. The molecule has 0 aliphatic heterocycles. The van der Waals surface area contributed by atoms with Crippen LogP contribution in [0, 0.1) is 0 Å². The van der Waals surface area contributed by atoms with Gasteiger partial charge in [0.2, 0.25) is 0 Å². The average molecular weight is 345 g/mol. The van der Waals surface area contributed by atoms with Crippen molar-refractivity contribution in [2.75, 3.05) is 5.32 Å². The average Bonchev–Trinajstić information content (AvgIpc) is 3.15. The Morgan fingerprint density at radius 1 is 1.15 bits per heavy atom. The van der Waals surface area contributed by atoms with Crippen molar-refractivity contribution in [1.29, 1.82) is 0 Å². The SMILES string of the molecule is C[C@H](O)c1cccc(-c2cc(NCc3cccnc3)nc3[nH]ccc23)n1. The van der Waals surface area contributed by atoms with Crippen molar-refractivity contribution in [2.45, 2.75) is 19.6 Å². The van der Waals surface area contributed by atoms with E-state index in [9.17, 15) is 5.11 Å². The summed E-state index contributed by atoms with van der Waals surface area (Å²) in [7, 11) is 0. The predicted octanol–water partition coefficient (Wildman–Crippen LogP) is 3.69. The molecule has 0 aromatic carbocycles. The van der Waals surface area contributed by atoms with Gasteiger partial charge in [-0.15, -0.1) is 0 Å². The first-order chi connectivity index (χ1) is 12.7. The molecule has 1 atom stereocenters. The fourth-order valence-electron chi connectivity index (χ4n) is 2.87. The first kappa shape index (κ1) is 16.2. The lowest BCUT2D eigenvalue weighted by atomic mass is 10.1. The standard InChI is InChI=1S/C20H19N5O/c1-13(26)17-5-2-6-18(24-17)16-10-19(25-20-15(16)7-9-22-20)23-12-14-4-3-8-21-11-14/h2-11,13,26H,12H2,1H3,(H2,22,23,25)/t13-/m0/s1. The zero-order chi connectivity index (χ0) is 17.9. The summed E-state index contributed by atoms with van der Waals surface area (Å²) >= 11 is 0. The molecule has 0 unspecified atom stereocenters. The van der Waals surface area contributed by atoms with Gasteiger partial charge in [0.15, 0.2) is 0 Å². The molecule has 0 aliphatic carbocycles. The number of H-pyrrole nitrogens is 1. The minimum atomic E-state index is -0.610. The van der Waals surface area contributed by atoms with Gasteiger partial charge in [-0.3, -0.25) is 9.97 Å². The number of aliphatic hydroxyl groups excluding tert-OH is 1. The van der Waals surface area contributed by atoms with Gasteiger partial charge in [0.25, 0.3) is 0 Å². The Labute approximate surface area is 151 Å². The maximum Gasteiger partial charge on any atom is 0.140 e. The Morgan fingerprint density at radius 2 is 2.08 bits per heavy atom. The van der Waals surface area contributed by atoms with Crippen LogP contribution in [0.15, 0.2) is 61.1 Å².